The van der Waals surface area contributed by atoms with Gasteiger partial charge in [0, 0.05) is 18.7 Å². The van der Waals surface area contributed by atoms with E-state index in [9.17, 15) is 4.79 Å². The zero-order valence-corrected chi connectivity index (χ0v) is 16.7. The lowest BCUT2D eigenvalue weighted by Gasteiger charge is -2.12. The molecule has 0 fully saturated rings. The summed E-state index contributed by atoms with van der Waals surface area (Å²) in [7, 11) is 1.60. The lowest BCUT2D eigenvalue weighted by Crippen LogP contribution is -2.15. The Labute approximate surface area is 161 Å². The molecule has 0 aliphatic carbocycles. The fourth-order valence-electron chi connectivity index (χ4n) is 2.43. The maximum Gasteiger partial charge on any atom is 0.249 e. The van der Waals surface area contributed by atoms with Crippen molar-refractivity contribution < 1.29 is 14.3 Å². The van der Waals surface area contributed by atoms with Crippen LogP contribution >= 0.6 is 0 Å². The van der Waals surface area contributed by atoms with Gasteiger partial charge in [0.1, 0.15) is 5.82 Å². The lowest BCUT2D eigenvalue weighted by molar-refractivity contribution is -0.111. The zero-order chi connectivity index (χ0) is 19.8. The van der Waals surface area contributed by atoms with Crippen molar-refractivity contribution >= 4 is 17.8 Å². The first-order valence-corrected chi connectivity index (χ1v) is 9.20. The van der Waals surface area contributed by atoms with E-state index in [0.29, 0.717) is 35.8 Å². The van der Waals surface area contributed by atoms with Crippen LogP contribution in [0.5, 0.6) is 11.5 Å². The van der Waals surface area contributed by atoms with Crippen molar-refractivity contribution in [1.82, 2.24) is 9.78 Å². The lowest BCUT2D eigenvalue weighted by atomic mass is 10.2. The van der Waals surface area contributed by atoms with Crippen LogP contribution in [0.25, 0.3) is 6.08 Å². The number of rotatable bonds is 9. The van der Waals surface area contributed by atoms with Crippen molar-refractivity contribution in [3.8, 4) is 11.5 Å². The number of carbonyl (C=O) groups excluding carboxylic acids is 1. The molecule has 0 saturated heterocycles. The second-order valence-corrected chi connectivity index (χ2v) is 7.23. The number of nitrogens with zero attached hydrogens (tertiary/aromatic N) is 2. The Morgan fingerprint density at radius 1 is 1.19 bits per heavy atom. The fourth-order valence-corrected chi connectivity index (χ4v) is 2.43. The molecule has 0 aliphatic rings. The van der Waals surface area contributed by atoms with Crippen molar-refractivity contribution in [2.45, 2.75) is 34.2 Å². The number of methoxy groups -OCH3 is 1. The third kappa shape index (κ3) is 6.47. The van der Waals surface area contributed by atoms with E-state index < -0.39 is 0 Å². The van der Waals surface area contributed by atoms with Crippen LogP contribution in [0.3, 0.4) is 0 Å². The van der Waals surface area contributed by atoms with Crippen LogP contribution < -0.4 is 14.8 Å². The first-order chi connectivity index (χ1) is 12.9. The van der Waals surface area contributed by atoms with E-state index in [0.717, 1.165) is 12.1 Å². The Bertz CT molecular complexity index is 779. The molecule has 146 valence electrons. The summed E-state index contributed by atoms with van der Waals surface area (Å²) in [4.78, 5) is 12.2. The van der Waals surface area contributed by atoms with Crippen molar-refractivity contribution in [3.63, 3.8) is 0 Å². The first-order valence-electron chi connectivity index (χ1n) is 9.20. The van der Waals surface area contributed by atoms with Crippen LogP contribution in [0.2, 0.25) is 0 Å². The van der Waals surface area contributed by atoms with Gasteiger partial charge in [-0.1, -0.05) is 33.8 Å². The van der Waals surface area contributed by atoms with Gasteiger partial charge < -0.3 is 14.8 Å². The van der Waals surface area contributed by atoms with Gasteiger partial charge in [0.2, 0.25) is 5.91 Å². The maximum atomic E-state index is 12.2. The number of nitrogens with one attached hydrogen (secondary N) is 1. The van der Waals surface area contributed by atoms with E-state index >= 15 is 0 Å². The number of ether oxygens (including phenoxy) is 2. The number of hydrogen-bond donors (Lipinski definition) is 1. The Morgan fingerprint density at radius 3 is 2.63 bits per heavy atom. The molecule has 27 heavy (non-hydrogen) atoms. The van der Waals surface area contributed by atoms with Crippen molar-refractivity contribution in [1.29, 1.82) is 0 Å². The minimum absolute atomic E-state index is 0.209. The SMILES string of the molecule is COc1cc(/C=C/C(=O)Nc2ccnn2CC(C)C)ccc1OCC(C)C. The number of hydrogen-bond acceptors (Lipinski definition) is 4. The summed E-state index contributed by atoms with van der Waals surface area (Å²) in [5.41, 5.74) is 0.856. The predicted octanol–water partition coefficient (Wildman–Crippen LogP) is 4.23. The highest BCUT2D eigenvalue weighted by Gasteiger charge is 2.08. The summed E-state index contributed by atoms with van der Waals surface area (Å²) < 4.78 is 12.9. The Hall–Kier alpha value is -2.76. The highest BCUT2D eigenvalue weighted by Crippen LogP contribution is 2.29. The predicted molar refractivity (Wildman–Crippen MR) is 108 cm³/mol. The smallest absolute Gasteiger partial charge is 0.249 e. The van der Waals surface area contributed by atoms with E-state index in [4.69, 9.17) is 9.47 Å². The van der Waals surface area contributed by atoms with Gasteiger partial charge in [0.25, 0.3) is 0 Å². The Balaban J connectivity index is 2.02. The number of carbonyl (C=O) groups is 1. The molecule has 0 radical (unpaired) electrons. The van der Waals surface area contributed by atoms with Crippen LogP contribution in [0.4, 0.5) is 5.82 Å². The van der Waals surface area contributed by atoms with Crippen molar-refractivity contribution in [3.05, 3.63) is 42.1 Å². The molecule has 2 aromatic rings. The number of anilines is 1. The van der Waals surface area contributed by atoms with Crippen LogP contribution in [-0.2, 0) is 11.3 Å². The van der Waals surface area contributed by atoms with Gasteiger partial charge in [-0.2, -0.15) is 5.10 Å². The highest BCUT2D eigenvalue weighted by atomic mass is 16.5. The number of aromatic nitrogens is 2. The molecule has 2 rings (SSSR count). The van der Waals surface area contributed by atoms with Gasteiger partial charge >= 0.3 is 0 Å². The molecule has 1 heterocycles. The average molecular weight is 371 g/mol. The van der Waals surface area contributed by atoms with E-state index in [1.165, 1.54) is 6.08 Å². The minimum Gasteiger partial charge on any atom is -0.493 e. The summed E-state index contributed by atoms with van der Waals surface area (Å²) in [6.07, 6.45) is 4.92. The quantitative estimate of drug-likeness (QED) is 0.670. The molecule has 1 N–H and O–H groups in total. The molecule has 6 nitrogen and oxygen atoms in total. The van der Waals surface area contributed by atoms with Gasteiger partial charge in [0.05, 0.1) is 19.9 Å². The van der Waals surface area contributed by atoms with Gasteiger partial charge in [-0.05, 0) is 35.6 Å². The topological polar surface area (TPSA) is 65.4 Å². The molecule has 0 bridgehead atoms. The summed E-state index contributed by atoms with van der Waals surface area (Å²) >= 11 is 0. The molecule has 0 spiro atoms. The summed E-state index contributed by atoms with van der Waals surface area (Å²) in [5, 5.41) is 7.09. The second kappa shape index (κ2) is 9.80. The summed E-state index contributed by atoms with van der Waals surface area (Å²) in [5.74, 6) is 2.70. The van der Waals surface area contributed by atoms with Crippen LogP contribution in [-0.4, -0.2) is 29.4 Å². The molecule has 6 heteroatoms. The van der Waals surface area contributed by atoms with Crippen molar-refractivity contribution in [2.24, 2.45) is 11.8 Å². The maximum absolute atomic E-state index is 12.2. The van der Waals surface area contributed by atoms with E-state index in [1.54, 1.807) is 30.1 Å². The highest BCUT2D eigenvalue weighted by molar-refractivity contribution is 6.01. The van der Waals surface area contributed by atoms with Gasteiger partial charge in [-0.3, -0.25) is 4.79 Å². The Kier molecular flexibility index (Phi) is 7.46. The standard InChI is InChI=1S/C21H29N3O3/c1-15(2)13-24-20(10-11-22-24)23-21(25)9-7-17-6-8-18(19(12-17)26-5)27-14-16(3)4/h6-12,15-16H,13-14H2,1-5H3,(H,23,25)/b9-7+. The van der Waals surface area contributed by atoms with Gasteiger partial charge in [-0.15, -0.1) is 0 Å². The third-order valence-corrected chi connectivity index (χ3v) is 3.69. The summed E-state index contributed by atoms with van der Waals surface area (Å²) in [6.45, 7) is 9.77. The van der Waals surface area contributed by atoms with E-state index in [1.807, 2.05) is 18.2 Å². The van der Waals surface area contributed by atoms with E-state index in [2.05, 4.69) is 38.1 Å². The summed E-state index contributed by atoms with van der Waals surface area (Å²) in [6, 6.07) is 7.39. The molecular weight excluding hydrogens is 342 g/mol. The Morgan fingerprint density at radius 2 is 1.96 bits per heavy atom. The molecule has 0 saturated carbocycles. The van der Waals surface area contributed by atoms with E-state index in [-0.39, 0.29) is 5.91 Å². The molecule has 0 aliphatic heterocycles. The molecule has 0 unspecified atom stereocenters. The monoisotopic (exact) mass is 371 g/mol. The van der Waals surface area contributed by atoms with Crippen molar-refractivity contribution in [2.75, 3.05) is 19.0 Å². The largest absolute Gasteiger partial charge is 0.493 e. The normalized spacial score (nSPS) is 11.4. The first kappa shape index (κ1) is 20.6. The van der Waals surface area contributed by atoms with Gasteiger partial charge in [0.15, 0.2) is 11.5 Å². The zero-order valence-electron chi connectivity index (χ0n) is 16.7. The number of amides is 1. The fraction of sp³-hybridized carbons (Fsp3) is 0.429. The average Bonchev–Trinajstić information content (AvgIpc) is 3.04. The van der Waals surface area contributed by atoms with Crippen LogP contribution in [0.15, 0.2) is 36.5 Å². The second-order valence-electron chi connectivity index (χ2n) is 7.23. The third-order valence-electron chi connectivity index (χ3n) is 3.69. The van der Waals surface area contributed by atoms with Crippen LogP contribution in [0, 0.1) is 11.8 Å². The molecule has 0 atom stereocenters. The van der Waals surface area contributed by atoms with Gasteiger partial charge in [-0.25, -0.2) is 4.68 Å². The molecule has 1 amide bonds. The molecular formula is C21H29N3O3. The molecule has 1 aromatic carbocycles. The molecule has 1 aromatic heterocycles. The minimum atomic E-state index is -0.209. The number of benzene rings is 1. The van der Waals surface area contributed by atoms with Crippen LogP contribution in [0.1, 0.15) is 33.3 Å².